The molecule has 0 spiro atoms. The van der Waals surface area contributed by atoms with Gasteiger partial charge in [-0.05, 0) is 42.8 Å². The van der Waals surface area contributed by atoms with Crippen molar-refractivity contribution in [3.8, 4) is 17.2 Å². The molecule has 174 valence electrons. The molecule has 1 N–H and O–H groups in total. The topological polar surface area (TPSA) is 94.3 Å². The first kappa shape index (κ1) is 22.6. The molecule has 0 aliphatic carbocycles. The van der Waals surface area contributed by atoms with Crippen molar-refractivity contribution in [2.24, 2.45) is 0 Å². The van der Waals surface area contributed by atoms with Crippen molar-refractivity contribution in [3.63, 3.8) is 0 Å². The van der Waals surface area contributed by atoms with Gasteiger partial charge in [0, 0.05) is 31.6 Å². The Labute approximate surface area is 190 Å². The molecule has 2 aromatic carbocycles. The molecule has 0 radical (unpaired) electrons. The first-order valence-electron chi connectivity index (χ1n) is 10.6. The van der Waals surface area contributed by atoms with Crippen molar-refractivity contribution in [2.45, 2.75) is 31.7 Å². The molecule has 1 aliphatic heterocycles. The molecule has 1 amide bonds. The molecule has 1 aromatic heterocycles. The Morgan fingerprint density at radius 3 is 2.67 bits per heavy atom. The van der Waals surface area contributed by atoms with Crippen LogP contribution in [0.15, 0.2) is 59.1 Å². The molecule has 8 nitrogen and oxygen atoms in total. The number of methoxy groups -OCH3 is 1. The number of aliphatic hydroxyl groups is 1. The summed E-state index contributed by atoms with van der Waals surface area (Å²) in [7, 11) is 1.58. The van der Waals surface area contributed by atoms with Crippen molar-refractivity contribution in [1.82, 2.24) is 10.1 Å². The predicted octanol–water partition coefficient (Wildman–Crippen LogP) is 3.45. The molecule has 33 heavy (non-hydrogen) atoms. The van der Waals surface area contributed by atoms with Crippen LogP contribution in [0.1, 0.15) is 29.1 Å². The molecule has 0 saturated carbocycles. The summed E-state index contributed by atoms with van der Waals surface area (Å²) in [5.74, 6) is 1.47. The summed E-state index contributed by atoms with van der Waals surface area (Å²) < 4.78 is 34.9. The number of ether oxygens (including phenoxy) is 3. The predicted molar refractivity (Wildman–Crippen MR) is 116 cm³/mol. The second kappa shape index (κ2) is 10.4. The van der Waals surface area contributed by atoms with Gasteiger partial charge in [0.1, 0.15) is 35.8 Å². The third-order valence-electron chi connectivity index (χ3n) is 5.40. The average molecular weight is 456 g/mol. The summed E-state index contributed by atoms with van der Waals surface area (Å²) in [6, 6.07) is 14.3. The highest BCUT2D eigenvalue weighted by Crippen LogP contribution is 2.24. The van der Waals surface area contributed by atoms with Crippen LogP contribution in [-0.2, 0) is 6.61 Å². The fraction of sp³-hybridized carbons (Fsp3) is 0.333. The molecule has 2 heterocycles. The van der Waals surface area contributed by atoms with Crippen LogP contribution in [0.5, 0.6) is 17.2 Å². The number of aromatic nitrogens is 1. The molecule has 0 unspecified atom stereocenters. The Hall–Kier alpha value is -3.59. The molecule has 2 atom stereocenters. The van der Waals surface area contributed by atoms with Crippen molar-refractivity contribution in [3.05, 3.63) is 71.9 Å². The van der Waals surface area contributed by atoms with Crippen LogP contribution in [0.25, 0.3) is 0 Å². The second-order valence-electron chi connectivity index (χ2n) is 7.69. The molecular weight excluding hydrogens is 431 g/mol. The normalized spacial score (nSPS) is 18.5. The van der Waals surface area contributed by atoms with Gasteiger partial charge in [0.15, 0.2) is 11.5 Å². The number of nitrogens with zero attached hydrogens (tertiary/aromatic N) is 2. The van der Waals surface area contributed by atoms with Gasteiger partial charge in [0.2, 0.25) is 0 Å². The molecule has 0 bridgehead atoms. The van der Waals surface area contributed by atoms with E-state index in [9.17, 15) is 14.3 Å². The number of aliphatic hydroxyl groups excluding tert-OH is 1. The first-order valence-corrected chi connectivity index (χ1v) is 10.6. The van der Waals surface area contributed by atoms with Crippen LogP contribution >= 0.6 is 0 Å². The number of benzene rings is 2. The molecule has 4 rings (SSSR count). The highest BCUT2D eigenvalue weighted by molar-refractivity contribution is 5.92. The van der Waals surface area contributed by atoms with Gasteiger partial charge in [-0.3, -0.25) is 4.79 Å². The van der Waals surface area contributed by atoms with Gasteiger partial charge in [-0.15, -0.1) is 0 Å². The van der Waals surface area contributed by atoms with E-state index in [1.807, 2.05) is 12.1 Å². The lowest BCUT2D eigenvalue weighted by Gasteiger charge is -2.22. The second-order valence-corrected chi connectivity index (χ2v) is 7.69. The molecule has 1 aliphatic rings. The Balaban J connectivity index is 1.33. The number of rotatable bonds is 7. The standard InChI is InChI=1S/C24H25FN2O6/c1-30-18-3-2-4-19(13-18)32-23-10-12-27(11-9-22(23)28)24(29)21-14-20(33-26-21)15-31-17-7-5-16(25)6-8-17/h2-8,13-14,22-23,28H,9-12,15H2,1H3/t22-,23-/m0/s1. The summed E-state index contributed by atoms with van der Waals surface area (Å²) in [6.07, 6.45) is -0.334. The lowest BCUT2D eigenvalue weighted by Crippen LogP contribution is -2.32. The first-order chi connectivity index (χ1) is 16.0. The lowest BCUT2D eigenvalue weighted by atomic mass is 10.1. The Kier molecular flexibility index (Phi) is 7.09. The summed E-state index contributed by atoms with van der Waals surface area (Å²) in [4.78, 5) is 14.5. The molecule has 1 saturated heterocycles. The Morgan fingerprint density at radius 2 is 1.88 bits per heavy atom. The zero-order valence-electron chi connectivity index (χ0n) is 18.1. The SMILES string of the molecule is COc1cccc(O[C@H]2CCN(C(=O)c3cc(COc4ccc(F)cc4)on3)CC[C@@H]2O)c1. The molecule has 9 heteroatoms. The van der Waals surface area contributed by atoms with E-state index in [4.69, 9.17) is 18.7 Å². The maximum Gasteiger partial charge on any atom is 0.276 e. The Morgan fingerprint density at radius 1 is 1.12 bits per heavy atom. The highest BCUT2D eigenvalue weighted by atomic mass is 19.1. The number of amides is 1. The van der Waals surface area contributed by atoms with E-state index in [1.165, 1.54) is 30.3 Å². The van der Waals surface area contributed by atoms with E-state index in [2.05, 4.69) is 5.16 Å². The minimum Gasteiger partial charge on any atom is -0.497 e. The van der Waals surface area contributed by atoms with Crippen molar-refractivity contribution in [1.29, 1.82) is 0 Å². The van der Waals surface area contributed by atoms with E-state index >= 15 is 0 Å². The van der Waals surface area contributed by atoms with E-state index in [-0.39, 0.29) is 24.0 Å². The highest BCUT2D eigenvalue weighted by Gasteiger charge is 2.30. The molecular formula is C24H25FN2O6. The third kappa shape index (κ3) is 5.81. The summed E-state index contributed by atoms with van der Waals surface area (Å²) in [6.45, 7) is 0.826. The number of halogens is 1. The van der Waals surface area contributed by atoms with Gasteiger partial charge in [-0.2, -0.15) is 0 Å². The monoisotopic (exact) mass is 456 g/mol. The largest absolute Gasteiger partial charge is 0.497 e. The van der Waals surface area contributed by atoms with Crippen LogP contribution in [0.4, 0.5) is 4.39 Å². The van der Waals surface area contributed by atoms with Gasteiger partial charge >= 0.3 is 0 Å². The Bertz CT molecular complexity index is 1070. The maximum atomic E-state index is 13.0. The summed E-state index contributed by atoms with van der Waals surface area (Å²) in [5.41, 5.74) is 0.161. The van der Waals surface area contributed by atoms with E-state index in [0.717, 1.165) is 0 Å². The van der Waals surface area contributed by atoms with Crippen LogP contribution < -0.4 is 14.2 Å². The number of hydrogen-bond acceptors (Lipinski definition) is 7. The lowest BCUT2D eigenvalue weighted by molar-refractivity contribution is 0.0349. The van der Waals surface area contributed by atoms with Gasteiger partial charge in [-0.1, -0.05) is 11.2 Å². The van der Waals surface area contributed by atoms with E-state index < -0.39 is 12.2 Å². The summed E-state index contributed by atoms with van der Waals surface area (Å²) >= 11 is 0. The minimum absolute atomic E-state index is 0.0566. The van der Waals surface area contributed by atoms with Crippen LogP contribution in [0.2, 0.25) is 0 Å². The quantitative estimate of drug-likeness (QED) is 0.582. The zero-order valence-corrected chi connectivity index (χ0v) is 18.1. The van der Waals surface area contributed by atoms with Crippen molar-refractivity contribution < 1.29 is 33.0 Å². The molecule has 1 fully saturated rings. The molecule has 3 aromatic rings. The van der Waals surface area contributed by atoms with Gasteiger partial charge in [-0.25, -0.2) is 4.39 Å². The van der Waals surface area contributed by atoms with Gasteiger partial charge in [0.05, 0.1) is 13.2 Å². The van der Waals surface area contributed by atoms with Crippen LogP contribution in [0, 0.1) is 5.82 Å². The number of likely N-dealkylation sites (tertiary alicyclic amines) is 1. The number of carbonyl (C=O) groups excluding carboxylic acids is 1. The number of hydrogen-bond donors (Lipinski definition) is 1. The fourth-order valence-electron chi connectivity index (χ4n) is 3.58. The van der Waals surface area contributed by atoms with E-state index in [0.29, 0.717) is 48.9 Å². The third-order valence-corrected chi connectivity index (χ3v) is 5.40. The van der Waals surface area contributed by atoms with Crippen LogP contribution in [0.3, 0.4) is 0 Å². The average Bonchev–Trinajstić information content (AvgIpc) is 3.24. The van der Waals surface area contributed by atoms with E-state index in [1.54, 1.807) is 24.1 Å². The van der Waals surface area contributed by atoms with Gasteiger partial charge in [0.25, 0.3) is 5.91 Å². The fourth-order valence-corrected chi connectivity index (χ4v) is 3.58. The van der Waals surface area contributed by atoms with Crippen LogP contribution in [-0.4, -0.2) is 53.5 Å². The maximum absolute atomic E-state index is 13.0. The smallest absolute Gasteiger partial charge is 0.276 e. The van der Waals surface area contributed by atoms with Gasteiger partial charge < -0.3 is 28.7 Å². The zero-order chi connectivity index (χ0) is 23.2. The van der Waals surface area contributed by atoms with Crippen molar-refractivity contribution >= 4 is 5.91 Å². The number of carbonyl (C=O) groups is 1. The summed E-state index contributed by atoms with van der Waals surface area (Å²) in [5, 5.41) is 14.4. The van der Waals surface area contributed by atoms with Crippen molar-refractivity contribution in [2.75, 3.05) is 20.2 Å². The minimum atomic E-state index is -0.717.